The summed E-state index contributed by atoms with van der Waals surface area (Å²) in [6.07, 6.45) is 7.23. The molecule has 35 heavy (non-hydrogen) atoms. The van der Waals surface area contributed by atoms with E-state index in [1.165, 1.54) is 18.4 Å². The fourth-order valence-corrected chi connectivity index (χ4v) is 5.50. The maximum absolute atomic E-state index is 13.5. The van der Waals surface area contributed by atoms with Crippen LogP contribution in [0.3, 0.4) is 0 Å². The van der Waals surface area contributed by atoms with Gasteiger partial charge in [0, 0.05) is 25.2 Å². The first-order chi connectivity index (χ1) is 17.0. The van der Waals surface area contributed by atoms with Gasteiger partial charge in [0.1, 0.15) is 18.0 Å². The summed E-state index contributed by atoms with van der Waals surface area (Å²) in [5.41, 5.74) is 8.31. The number of hydrogen-bond donors (Lipinski definition) is 3. The van der Waals surface area contributed by atoms with E-state index in [4.69, 9.17) is 15.6 Å². The van der Waals surface area contributed by atoms with Crippen molar-refractivity contribution in [3.8, 4) is 0 Å². The Morgan fingerprint density at radius 2 is 1.86 bits per heavy atom. The molecule has 2 heterocycles. The van der Waals surface area contributed by atoms with Gasteiger partial charge in [0.25, 0.3) is 0 Å². The van der Waals surface area contributed by atoms with Crippen molar-refractivity contribution < 1.29 is 19.4 Å². The SMILES string of the molecule is NC1=NC(=NCCC2CC2)NC2OCCN(c3ccc(C4CCC(CC(=O)O)CC4)cc3)C(=O)C12. The summed E-state index contributed by atoms with van der Waals surface area (Å²) in [5.74, 6) is 0.680. The van der Waals surface area contributed by atoms with Crippen LogP contribution >= 0.6 is 0 Å². The first-order valence-electron chi connectivity index (χ1n) is 12.9. The minimum absolute atomic E-state index is 0.125. The predicted molar refractivity (Wildman–Crippen MR) is 133 cm³/mol. The smallest absolute Gasteiger partial charge is 0.303 e. The molecule has 2 saturated carbocycles. The van der Waals surface area contributed by atoms with Crippen molar-refractivity contribution in [3.63, 3.8) is 0 Å². The lowest BCUT2D eigenvalue weighted by atomic mass is 9.77. The van der Waals surface area contributed by atoms with Crippen LogP contribution in [0, 0.1) is 17.8 Å². The van der Waals surface area contributed by atoms with Gasteiger partial charge < -0.3 is 25.8 Å². The lowest BCUT2D eigenvalue weighted by molar-refractivity contribution is -0.138. The molecule has 9 heteroatoms. The average molecular weight is 482 g/mol. The van der Waals surface area contributed by atoms with E-state index in [2.05, 4.69) is 27.4 Å². The number of aliphatic carboxylic acids is 1. The fourth-order valence-electron chi connectivity index (χ4n) is 5.50. The Labute approximate surface area is 205 Å². The zero-order valence-corrected chi connectivity index (χ0v) is 20.1. The molecule has 2 unspecified atom stereocenters. The van der Waals surface area contributed by atoms with E-state index in [0.717, 1.165) is 43.7 Å². The molecule has 4 aliphatic rings. The molecular formula is C26H35N5O4. The second kappa shape index (κ2) is 10.4. The molecule has 5 rings (SSSR count). The maximum atomic E-state index is 13.5. The molecule has 0 radical (unpaired) electrons. The van der Waals surface area contributed by atoms with E-state index in [9.17, 15) is 9.59 Å². The summed E-state index contributed by atoms with van der Waals surface area (Å²) in [6.45, 7) is 1.53. The van der Waals surface area contributed by atoms with E-state index in [1.54, 1.807) is 4.90 Å². The highest BCUT2D eigenvalue weighted by molar-refractivity contribution is 6.14. The Kier molecular flexibility index (Phi) is 7.04. The van der Waals surface area contributed by atoms with E-state index in [-0.39, 0.29) is 24.1 Å². The summed E-state index contributed by atoms with van der Waals surface area (Å²) in [4.78, 5) is 35.1. The standard InChI is InChI=1S/C26H35N5O4/c27-23-22-24(30-26(29-23)28-12-11-16-1-2-16)35-14-13-31(25(22)34)20-9-7-19(8-10-20)18-5-3-17(4-6-18)15-21(32)33/h7-10,16-18,22,24H,1-6,11-15H2,(H,32,33)(H3,27,28,29,30). The van der Waals surface area contributed by atoms with Crippen LogP contribution in [0.4, 0.5) is 5.69 Å². The highest BCUT2D eigenvalue weighted by Crippen LogP contribution is 2.38. The average Bonchev–Trinajstić information content (AvgIpc) is 3.67. The van der Waals surface area contributed by atoms with Gasteiger partial charge in [-0.25, -0.2) is 0 Å². The number of carbonyl (C=O) groups excluding carboxylic acids is 1. The number of nitrogens with two attached hydrogens (primary N) is 1. The number of ether oxygens (including phenoxy) is 1. The van der Waals surface area contributed by atoms with Gasteiger partial charge in [-0.3, -0.25) is 14.6 Å². The quantitative estimate of drug-likeness (QED) is 0.549. The largest absolute Gasteiger partial charge is 0.481 e. The summed E-state index contributed by atoms with van der Waals surface area (Å²) in [6, 6.07) is 8.17. The second-order valence-electron chi connectivity index (χ2n) is 10.3. The first-order valence-corrected chi connectivity index (χ1v) is 12.9. The number of rotatable bonds is 7. The van der Waals surface area contributed by atoms with Gasteiger partial charge in [0.15, 0.2) is 0 Å². The van der Waals surface area contributed by atoms with Crippen molar-refractivity contribution in [1.29, 1.82) is 0 Å². The molecule has 1 amide bonds. The lowest BCUT2D eigenvalue weighted by Crippen LogP contribution is -2.55. The predicted octanol–water partition coefficient (Wildman–Crippen LogP) is 2.86. The molecule has 0 spiro atoms. The number of hydrogen-bond acceptors (Lipinski definition) is 5. The van der Waals surface area contributed by atoms with Crippen molar-refractivity contribution in [3.05, 3.63) is 29.8 Å². The van der Waals surface area contributed by atoms with E-state index >= 15 is 0 Å². The van der Waals surface area contributed by atoms with Crippen molar-refractivity contribution in [2.75, 3.05) is 24.6 Å². The van der Waals surface area contributed by atoms with Crippen LogP contribution in [0.2, 0.25) is 0 Å². The minimum Gasteiger partial charge on any atom is -0.481 e. The van der Waals surface area contributed by atoms with Crippen molar-refractivity contribution in [1.82, 2.24) is 5.32 Å². The van der Waals surface area contributed by atoms with Crippen LogP contribution in [0.5, 0.6) is 0 Å². The van der Waals surface area contributed by atoms with Crippen molar-refractivity contribution >= 4 is 29.4 Å². The third kappa shape index (κ3) is 5.66. The number of carbonyl (C=O) groups is 2. The molecule has 0 bridgehead atoms. The molecule has 3 fully saturated rings. The molecule has 2 aliphatic heterocycles. The van der Waals surface area contributed by atoms with Crippen LogP contribution in [0.1, 0.15) is 62.8 Å². The number of carboxylic acid groups (broad SMARTS) is 1. The van der Waals surface area contributed by atoms with Crippen molar-refractivity contribution in [2.24, 2.45) is 33.5 Å². The number of amides is 1. The van der Waals surface area contributed by atoms with Crippen LogP contribution in [0.15, 0.2) is 34.3 Å². The van der Waals surface area contributed by atoms with Gasteiger partial charge in [0.05, 0.1) is 6.61 Å². The molecule has 0 aromatic heterocycles. The highest BCUT2D eigenvalue weighted by atomic mass is 16.5. The van der Waals surface area contributed by atoms with E-state index in [1.807, 2.05) is 12.1 Å². The summed E-state index contributed by atoms with van der Waals surface area (Å²) >= 11 is 0. The molecule has 188 valence electrons. The van der Waals surface area contributed by atoms with Gasteiger partial charge in [-0.05, 0) is 67.6 Å². The number of amidine groups is 1. The van der Waals surface area contributed by atoms with Crippen LogP contribution in [-0.4, -0.2) is 54.7 Å². The maximum Gasteiger partial charge on any atom is 0.303 e. The van der Waals surface area contributed by atoms with E-state index in [0.29, 0.717) is 31.6 Å². The third-order valence-corrected chi connectivity index (χ3v) is 7.75. The number of fused-ring (bicyclic) bond motifs is 1. The lowest BCUT2D eigenvalue weighted by Gasteiger charge is -2.31. The molecule has 9 nitrogen and oxygen atoms in total. The zero-order valence-electron chi connectivity index (χ0n) is 20.1. The number of anilines is 1. The van der Waals surface area contributed by atoms with Gasteiger partial charge in [-0.1, -0.05) is 25.0 Å². The molecule has 4 N–H and O–H groups in total. The topological polar surface area (TPSA) is 130 Å². The van der Waals surface area contributed by atoms with Crippen LogP contribution in [-0.2, 0) is 14.3 Å². The second-order valence-corrected chi connectivity index (χ2v) is 10.3. The number of aliphatic imine (C=N–C) groups is 2. The minimum atomic E-state index is -0.706. The summed E-state index contributed by atoms with van der Waals surface area (Å²) < 4.78 is 5.97. The number of nitrogens with one attached hydrogen (secondary N) is 1. The van der Waals surface area contributed by atoms with Crippen molar-refractivity contribution in [2.45, 2.75) is 63.5 Å². The highest BCUT2D eigenvalue weighted by Gasteiger charge is 2.41. The molecule has 1 saturated heterocycles. The Balaban J connectivity index is 1.23. The Morgan fingerprint density at radius 3 is 2.54 bits per heavy atom. The number of nitrogens with zero attached hydrogens (tertiary/aromatic N) is 3. The number of benzene rings is 1. The van der Waals surface area contributed by atoms with Gasteiger partial charge in [-0.2, -0.15) is 4.99 Å². The van der Waals surface area contributed by atoms with Gasteiger partial charge in [-0.15, -0.1) is 0 Å². The normalized spacial score (nSPS) is 30.3. The Bertz CT molecular complexity index is 995. The van der Waals surface area contributed by atoms with Gasteiger partial charge in [0.2, 0.25) is 11.9 Å². The third-order valence-electron chi connectivity index (χ3n) is 7.75. The number of guanidine groups is 1. The Morgan fingerprint density at radius 1 is 1.14 bits per heavy atom. The van der Waals surface area contributed by atoms with E-state index < -0.39 is 18.1 Å². The Hall–Kier alpha value is -2.94. The number of carboxylic acids is 1. The van der Waals surface area contributed by atoms with Gasteiger partial charge >= 0.3 is 5.97 Å². The molecule has 1 aromatic carbocycles. The molecule has 2 aliphatic carbocycles. The fraction of sp³-hybridized carbons (Fsp3) is 0.615. The monoisotopic (exact) mass is 481 g/mol. The molecule has 1 aromatic rings. The zero-order chi connectivity index (χ0) is 24.4. The van der Waals surface area contributed by atoms with Crippen LogP contribution < -0.4 is 16.0 Å². The summed E-state index contributed by atoms with van der Waals surface area (Å²) in [5, 5.41) is 12.2. The summed E-state index contributed by atoms with van der Waals surface area (Å²) in [7, 11) is 0. The first kappa shape index (κ1) is 23.8. The molecule has 2 atom stereocenters. The van der Waals surface area contributed by atoms with Crippen LogP contribution in [0.25, 0.3) is 0 Å². The molecular weight excluding hydrogens is 446 g/mol.